The number of anilines is 2. The van der Waals surface area contributed by atoms with Crippen molar-refractivity contribution in [1.29, 1.82) is 0 Å². The van der Waals surface area contributed by atoms with Gasteiger partial charge in [-0.3, -0.25) is 4.98 Å². The molecule has 3 heterocycles. The first-order valence-corrected chi connectivity index (χ1v) is 9.70. The lowest BCUT2D eigenvalue weighted by Gasteiger charge is -2.13. The number of nitrogens with zero attached hydrogens (tertiary/aromatic N) is 6. The molecule has 2 N–H and O–H groups in total. The van der Waals surface area contributed by atoms with Gasteiger partial charge in [-0.15, -0.1) is 0 Å². The average Bonchev–Trinajstić information content (AvgIpc) is 3.35. The molecular weight excluding hydrogens is 467 g/mol. The van der Waals surface area contributed by atoms with Crippen LogP contribution in [0.5, 0.6) is 5.75 Å². The number of alkyl halides is 3. The summed E-state index contributed by atoms with van der Waals surface area (Å²) in [7, 11) is 1.44. The number of aromatic nitrogens is 5. The van der Waals surface area contributed by atoms with E-state index in [1.54, 1.807) is 6.07 Å². The van der Waals surface area contributed by atoms with E-state index in [-0.39, 0.29) is 34.1 Å². The molecule has 13 heteroatoms. The third-order valence-electron chi connectivity index (χ3n) is 4.67. The lowest BCUT2D eigenvalue weighted by atomic mass is 10.1. The maximum absolute atomic E-state index is 13.2. The van der Waals surface area contributed by atoms with Gasteiger partial charge in [0.2, 0.25) is 5.95 Å². The Morgan fingerprint density at radius 2 is 2.00 bits per heavy atom. The summed E-state index contributed by atoms with van der Waals surface area (Å²) in [5.74, 6) is -0.904. The van der Waals surface area contributed by atoms with Gasteiger partial charge in [-0.1, -0.05) is 0 Å². The fourth-order valence-electron chi connectivity index (χ4n) is 3.08. The maximum Gasteiger partial charge on any atom is 0.435 e. The van der Waals surface area contributed by atoms with Gasteiger partial charge >= 0.3 is 12.1 Å². The molecule has 3 aromatic heterocycles. The smallest absolute Gasteiger partial charge is 0.435 e. The molecule has 0 spiro atoms. The number of carboxylic acid groups (broad SMARTS) is 1. The van der Waals surface area contributed by atoms with Crippen LogP contribution in [-0.2, 0) is 6.18 Å². The minimum Gasteiger partial charge on any atom is -0.498 e. The van der Waals surface area contributed by atoms with Crippen LogP contribution in [0.3, 0.4) is 0 Å². The molecule has 4 rings (SSSR count). The average molecular weight is 481 g/mol. The van der Waals surface area contributed by atoms with Crippen molar-refractivity contribution in [3.05, 3.63) is 77.8 Å². The Morgan fingerprint density at radius 1 is 1.20 bits per heavy atom. The van der Waals surface area contributed by atoms with Crippen molar-refractivity contribution >= 4 is 23.3 Å². The standard InChI is InChI=1S/C22H14F3N7O3/c1-26-14-6-15(8-16(7-14)35-2)29-21-28-11-17(12-5-13(20(33)34)10-27-9-12)19(30-21)32-4-3-18(31-32)22(23,24)25/h3-11H,2H3,(H,33,34)(H,28,29,30). The van der Waals surface area contributed by atoms with E-state index >= 15 is 0 Å². The minimum atomic E-state index is -4.68. The highest BCUT2D eigenvalue weighted by molar-refractivity contribution is 5.89. The van der Waals surface area contributed by atoms with Crippen LogP contribution >= 0.6 is 0 Å². The number of carboxylic acids is 1. The van der Waals surface area contributed by atoms with Crippen molar-refractivity contribution in [2.75, 3.05) is 12.4 Å². The van der Waals surface area contributed by atoms with Gasteiger partial charge in [0, 0.05) is 47.7 Å². The van der Waals surface area contributed by atoms with Crippen LogP contribution in [-0.4, -0.2) is 42.9 Å². The van der Waals surface area contributed by atoms with Gasteiger partial charge in [0.05, 0.1) is 19.2 Å². The lowest BCUT2D eigenvalue weighted by Crippen LogP contribution is -2.10. The van der Waals surface area contributed by atoms with Crippen molar-refractivity contribution < 1.29 is 27.8 Å². The van der Waals surface area contributed by atoms with Gasteiger partial charge < -0.3 is 15.2 Å². The highest BCUT2D eigenvalue weighted by Crippen LogP contribution is 2.32. The molecule has 0 fully saturated rings. The summed E-state index contributed by atoms with van der Waals surface area (Å²) in [6, 6.07) is 6.71. The van der Waals surface area contributed by atoms with E-state index in [9.17, 15) is 23.1 Å². The summed E-state index contributed by atoms with van der Waals surface area (Å²) in [5.41, 5.74) is -0.136. The number of methoxy groups -OCH3 is 1. The monoisotopic (exact) mass is 481 g/mol. The lowest BCUT2D eigenvalue weighted by molar-refractivity contribution is -0.141. The van der Waals surface area contributed by atoms with E-state index in [0.29, 0.717) is 11.4 Å². The van der Waals surface area contributed by atoms with Crippen LogP contribution in [0.4, 0.5) is 30.5 Å². The molecule has 0 saturated heterocycles. The SMILES string of the molecule is [C-]#[N+]c1cc(Nc2ncc(-c3cncc(C(=O)O)c3)c(-n3ccc(C(F)(F)F)n3)n2)cc(OC)c1. The Balaban J connectivity index is 1.83. The van der Waals surface area contributed by atoms with Gasteiger partial charge in [0.15, 0.2) is 17.2 Å². The molecule has 1 aromatic carbocycles. The Hall–Kier alpha value is -4.99. The zero-order valence-electron chi connectivity index (χ0n) is 17.8. The summed E-state index contributed by atoms with van der Waals surface area (Å²) in [4.78, 5) is 27.1. The van der Waals surface area contributed by atoms with Crippen LogP contribution in [0.15, 0.2) is 55.1 Å². The predicted molar refractivity (Wildman–Crippen MR) is 117 cm³/mol. The highest BCUT2D eigenvalue weighted by atomic mass is 19.4. The van der Waals surface area contributed by atoms with Gasteiger partial charge in [-0.05, 0) is 24.3 Å². The molecule has 0 aliphatic rings. The first-order chi connectivity index (χ1) is 16.7. The van der Waals surface area contributed by atoms with Crippen LogP contribution in [0.1, 0.15) is 16.1 Å². The predicted octanol–water partition coefficient (Wildman–Crippen LogP) is 4.74. The Kier molecular flexibility index (Phi) is 6.03. The first kappa shape index (κ1) is 23.2. The molecule has 0 unspecified atom stereocenters. The first-order valence-electron chi connectivity index (χ1n) is 9.70. The zero-order chi connectivity index (χ0) is 25.2. The van der Waals surface area contributed by atoms with Crippen LogP contribution < -0.4 is 10.1 Å². The van der Waals surface area contributed by atoms with Crippen LogP contribution in [0.25, 0.3) is 21.8 Å². The number of rotatable bonds is 6. The molecular formula is C22H14F3N7O3. The van der Waals surface area contributed by atoms with E-state index in [1.807, 2.05) is 0 Å². The Bertz CT molecular complexity index is 1460. The normalized spacial score (nSPS) is 11.1. The van der Waals surface area contributed by atoms with Gasteiger partial charge in [0.25, 0.3) is 0 Å². The molecule has 4 aromatic rings. The number of hydrogen-bond acceptors (Lipinski definition) is 7. The molecule has 0 aliphatic heterocycles. The molecule has 0 aliphatic carbocycles. The second kappa shape index (κ2) is 9.10. The largest absolute Gasteiger partial charge is 0.498 e. The second-order valence-corrected chi connectivity index (χ2v) is 7.00. The van der Waals surface area contributed by atoms with Crippen molar-refractivity contribution in [2.45, 2.75) is 6.18 Å². The second-order valence-electron chi connectivity index (χ2n) is 7.00. The topological polar surface area (TPSA) is 119 Å². The van der Waals surface area contributed by atoms with Gasteiger partial charge in [0.1, 0.15) is 5.75 Å². The maximum atomic E-state index is 13.2. The molecule has 35 heavy (non-hydrogen) atoms. The molecule has 0 radical (unpaired) electrons. The van der Waals surface area contributed by atoms with Gasteiger partial charge in [-0.2, -0.15) is 23.3 Å². The zero-order valence-corrected chi connectivity index (χ0v) is 17.8. The van der Waals surface area contributed by atoms with Crippen molar-refractivity contribution in [3.8, 4) is 22.7 Å². The fraction of sp³-hybridized carbons (Fsp3) is 0.0909. The summed E-state index contributed by atoms with van der Waals surface area (Å²) < 4.78 is 45.6. The minimum absolute atomic E-state index is 0.0145. The number of carbonyl (C=O) groups is 1. The highest BCUT2D eigenvalue weighted by Gasteiger charge is 2.34. The van der Waals surface area contributed by atoms with Crippen molar-refractivity contribution in [2.24, 2.45) is 0 Å². The number of benzene rings is 1. The van der Waals surface area contributed by atoms with E-state index in [1.165, 1.54) is 37.7 Å². The number of aromatic carboxylic acids is 1. The number of hydrogen-bond donors (Lipinski definition) is 2. The summed E-state index contributed by atoms with van der Waals surface area (Å²) in [6.07, 6.45) is 0.171. The van der Waals surface area contributed by atoms with Gasteiger partial charge in [-0.25, -0.2) is 19.3 Å². The van der Waals surface area contributed by atoms with E-state index in [0.717, 1.165) is 23.1 Å². The van der Waals surface area contributed by atoms with Crippen LogP contribution in [0.2, 0.25) is 0 Å². The molecule has 10 nitrogen and oxygen atoms in total. The summed E-state index contributed by atoms with van der Waals surface area (Å²) in [5, 5.41) is 15.7. The van der Waals surface area contributed by atoms with E-state index in [4.69, 9.17) is 11.3 Å². The Labute approximate surface area is 195 Å². The molecule has 0 amide bonds. The van der Waals surface area contributed by atoms with E-state index < -0.39 is 17.8 Å². The molecule has 0 atom stereocenters. The number of ether oxygens (including phenoxy) is 1. The Morgan fingerprint density at radius 3 is 2.66 bits per heavy atom. The van der Waals surface area contributed by atoms with Crippen molar-refractivity contribution in [3.63, 3.8) is 0 Å². The molecule has 0 bridgehead atoms. The fourth-order valence-corrected chi connectivity index (χ4v) is 3.08. The number of pyridine rings is 1. The molecule has 0 saturated carbocycles. The molecule has 176 valence electrons. The quantitative estimate of drug-likeness (QED) is 0.379. The van der Waals surface area contributed by atoms with Crippen molar-refractivity contribution in [1.82, 2.24) is 24.7 Å². The number of nitrogens with one attached hydrogen (secondary N) is 1. The summed E-state index contributed by atoms with van der Waals surface area (Å²) >= 11 is 0. The van der Waals surface area contributed by atoms with E-state index in [2.05, 4.69) is 30.2 Å². The third-order valence-corrected chi connectivity index (χ3v) is 4.67. The number of halogens is 3. The third kappa shape index (κ3) is 5.01. The summed E-state index contributed by atoms with van der Waals surface area (Å²) in [6.45, 7) is 7.22. The van der Waals surface area contributed by atoms with Crippen LogP contribution in [0, 0.1) is 6.57 Å².